The number of aromatic nitrogens is 4. The van der Waals surface area contributed by atoms with Gasteiger partial charge < -0.3 is 0 Å². The smallest absolute Gasteiger partial charge is 0.184 e. The number of fused-ring (bicyclic) bond motifs is 1. The average molecular weight is 192 g/mol. The van der Waals surface area contributed by atoms with Crippen LogP contribution in [0.4, 0.5) is 0 Å². The average Bonchev–Trinajstić information content (AvgIpc) is 2.78. The molecule has 0 aliphatic heterocycles. The normalized spacial score (nSPS) is 14.8. The van der Waals surface area contributed by atoms with Crippen LogP contribution < -0.4 is 0 Å². The monoisotopic (exact) mass is 192 g/mol. The second kappa shape index (κ2) is 2.63. The molecule has 66 valence electrons. The second-order valence-electron chi connectivity index (χ2n) is 3.08. The van der Waals surface area contributed by atoms with Crippen molar-refractivity contribution in [1.29, 1.82) is 0 Å². The highest BCUT2D eigenvalue weighted by Gasteiger charge is 2.18. The van der Waals surface area contributed by atoms with Gasteiger partial charge in [-0.3, -0.25) is 5.10 Å². The highest BCUT2D eigenvalue weighted by Crippen LogP contribution is 2.31. The van der Waals surface area contributed by atoms with E-state index in [4.69, 9.17) is 0 Å². The van der Waals surface area contributed by atoms with Gasteiger partial charge in [-0.05, 0) is 19.3 Å². The van der Waals surface area contributed by atoms with Gasteiger partial charge in [0.2, 0.25) is 0 Å². The number of nitrogens with one attached hydrogen (secondary N) is 1. The molecule has 5 heteroatoms. The summed E-state index contributed by atoms with van der Waals surface area (Å²) in [6, 6.07) is 0. The second-order valence-corrected chi connectivity index (χ2v) is 4.16. The van der Waals surface area contributed by atoms with E-state index in [2.05, 4.69) is 20.2 Å². The van der Waals surface area contributed by atoms with Crippen LogP contribution >= 0.6 is 11.3 Å². The van der Waals surface area contributed by atoms with Crippen LogP contribution in [0.1, 0.15) is 17.0 Å². The van der Waals surface area contributed by atoms with Crippen molar-refractivity contribution in [2.45, 2.75) is 19.3 Å². The quantitative estimate of drug-likeness (QED) is 0.743. The van der Waals surface area contributed by atoms with Gasteiger partial charge in [-0.2, -0.15) is 5.10 Å². The van der Waals surface area contributed by atoms with Crippen molar-refractivity contribution in [3.05, 3.63) is 16.9 Å². The summed E-state index contributed by atoms with van der Waals surface area (Å²) < 4.78 is 0. The van der Waals surface area contributed by atoms with E-state index in [0.717, 1.165) is 17.3 Å². The molecule has 4 nitrogen and oxygen atoms in total. The molecule has 1 aliphatic rings. The fraction of sp³-hybridized carbons (Fsp3) is 0.375. The van der Waals surface area contributed by atoms with E-state index in [0.29, 0.717) is 0 Å². The Kier molecular flexibility index (Phi) is 1.46. The first kappa shape index (κ1) is 7.20. The zero-order valence-corrected chi connectivity index (χ0v) is 7.77. The van der Waals surface area contributed by atoms with Gasteiger partial charge in [0.1, 0.15) is 6.33 Å². The van der Waals surface area contributed by atoms with Gasteiger partial charge in [0.05, 0.1) is 5.69 Å². The molecular formula is C8H8N4S. The Hall–Kier alpha value is -1.23. The van der Waals surface area contributed by atoms with Crippen molar-refractivity contribution in [2.75, 3.05) is 0 Å². The molecule has 0 unspecified atom stereocenters. The predicted molar refractivity (Wildman–Crippen MR) is 49.5 cm³/mol. The Labute approximate surface area is 79.1 Å². The summed E-state index contributed by atoms with van der Waals surface area (Å²) in [6.07, 6.45) is 5.08. The van der Waals surface area contributed by atoms with Crippen LogP contribution in [0.25, 0.3) is 10.8 Å². The molecule has 3 rings (SSSR count). The minimum atomic E-state index is 0.791. The van der Waals surface area contributed by atoms with E-state index < -0.39 is 0 Å². The summed E-state index contributed by atoms with van der Waals surface area (Å²) in [7, 11) is 0. The molecule has 1 N–H and O–H groups in total. The summed E-state index contributed by atoms with van der Waals surface area (Å²) in [5.41, 5.74) is 1.26. The maximum absolute atomic E-state index is 4.52. The minimum absolute atomic E-state index is 0.791. The third-order valence-electron chi connectivity index (χ3n) is 2.21. The molecule has 0 saturated carbocycles. The van der Waals surface area contributed by atoms with Gasteiger partial charge in [0, 0.05) is 4.88 Å². The first-order valence-electron chi connectivity index (χ1n) is 4.28. The molecule has 1 aliphatic carbocycles. The van der Waals surface area contributed by atoms with Crippen molar-refractivity contribution < 1.29 is 0 Å². The summed E-state index contributed by atoms with van der Waals surface area (Å²) in [5.74, 6) is 0.791. The molecule has 0 radical (unpaired) electrons. The lowest BCUT2D eigenvalue weighted by Crippen LogP contribution is -1.82. The Morgan fingerprint density at radius 3 is 3.15 bits per heavy atom. The molecule has 2 aromatic heterocycles. The van der Waals surface area contributed by atoms with Crippen LogP contribution in [0.5, 0.6) is 0 Å². The van der Waals surface area contributed by atoms with Crippen LogP contribution in [0.15, 0.2) is 6.33 Å². The van der Waals surface area contributed by atoms with Crippen LogP contribution in [-0.2, 0) is 12.8 Å². The van der Waals surface area contributed by atoms with Gasteiger partial charge in [0.25, 0.3) is 0 Å². The molecule has 13 heavy (non-hydrogen) atoms. The van der Waals surface area contributed by atoms with E-state index in [1.807, 2.05) is 0 Å². The van der Waals surface area contributed by atoms with Crippen molar-refractivity contribution in [3.63, 3.8) is 0 Å². The number of rotatable bonds is 1. The number of aryl methyl sites for hydroxylation is 2. The van der Waals surface area contributed by atoms with Gasteiger partial charge in [-0.25, -0.2) is 9.97 Å². The minimum Gasteiger partial charge on any atom is -0.257 e. The van der Waals surface area contributed by atoms with E-state index in [1.54, 1.807) is 11.3 Å². The molecule has 0 aromatic carbocycles. The molecule has 0 fully saturated rings. The lowest BCUT2D eigenvalue weighted by molar-refractivity contribution is 0.899. The number of H-pyrrole nitrogens is 1. The van der Waals surface area contributed by atoms with E-state index in [-0.39, 0.29) is 0 Å². The number of hydrogen-bond donors (Lipinski definition) is 1. The van der Waals surface area contributed by atoms with Crippen molar-refractivity contribution in [3.8, 4) is 10.8 Å². The molecule has 0 saturated heterocycles. The number of thiazole rings is 1. The van der Waals surface area contributed by atoms with Crippen LogP contribution in [-0.4, -0.2) is 20.2 Å². The number of nitrogens with zero attached hydrogens (tertiary/aromatic N) is 3. The third-order valence-corrected chi connectivity index (χ3v) is 3.38. The highest BCUT2D eigenvalue weighted by molar-refractivity contribution is 7.15. The Morgan fingerprint density at radius 1 is 1.38 bits per heavy atom. The highest BCUT2D eigenvalue weighted by atomic mass is 32.1. The first-order chi connectivity index (χ1) is 6.43. The molecule has 2 heterocycles. The van der Waals surface area contributed by atoms with E-state index >= 15 is 0 Å². The number of aromatic amines is 1. The zero-order valence-electron chi connectivity index (χ0n) is 6.95. The third kappa shape index (κ3) is 1.07. The van der Waals surface area contributed by atoms with Gasteiger partial charge >= 0.3 is 0 Å². The van der Waals surface area contributed by atoms with Crippen LogP contribution in [0.3, 0.4) is 0 Å². The maximum Gasteiger partial charge on any atom is 0.184 e. The van der Waals surface area contributed by atoms with Crippen molar-refractivity contribution in [2.24, 2.45) is 0 Å². The van der Waals surface area contributed by atoms with Crippen LogP contribution in [0, 0.1) is 0 Å². The predicted octanol–water partition coefficient (Wildman–Crippen LogP) is 1.42. The van der Waals surface area contributed by atoms with Crippen molar-refractivity contribution in [1.82, 2.24) is 20.2 Å². The summed E-state index contributed by atoms with van der Waals surface area (Å²) in [6.45, 7) is 0. The lowest BCUT2D eigenvalue weighted by atomic mass is 10.4. The topological polar surface area (TPSA) is 54.5 Å². The molecule has 0 atom stereocenters. The van der Waals surface area contributed by atoms with Gasteiger partial charge in [0.15, 0.2) is 10.8 Å². The number of hydrogen-bond acceptors (Lipinski definition) is 4. The van der Waals surface area contributed by atoms with Gasteiger partial charge in [-0.1, -0.05) is 0 Å². The lowest BCUT2D eigenvalue weighted by Gasteiger charge is -1.87. The standard InChI is InChI=1S/C8H8N4S/c1-2-5-6(3-1)13-8(11-5)7-9-4-10-12-7/h4H,1-3H2,(H,9,10,12). The Balaban J connectivity index is 2.08. The zero-order chi connectivity index (χ0) is 8.67. The Bertz CT molecular complexity index is 396. The van der Waals surface area contributed by atoms with Crippen molar-refractivity contribution >= 4 is 11.3 Å². The van der Waals surface area contributed by atoms with Crippen LogP contribution in [0.2, 0.25) is 0 Å². The fourth-order valence-electron chi connectivity index (χ4n) is 1.60. The maximum atomic E-state index is 4.52. The molecule has 0 bridgehead atoms. The molecule has 0 spiro atoms. The van der Waals surface area contributed by atoms with Gasteiger partial charge in [-0.15, -0.1) is 11.3 Å². The first-order valence-corrected chi connectivity index (χ1v) is 5.09. The molecular weight excluding hydrogens is 184 g/mol. The Morgan fingerprint density at radius 2 is 2.38 bits per heavy atom. The van der Waals surface area contributed by atoms with E-state index in [9.17, 15) is 0 Å². The molecule has 0 amide bonds. The largest absolute Gasteiger partial charge is 0.257 e. The molecule has 2 aromatic rings. The fourth-order valence-corrected chi connectivity index (χ4v) is 2.70. The summed E-state index contributed by atoms with van der Waals surface area (Å²) in [5, 5.41) is 7.62. The summed E-state index contributed by atoms with van der Waals surface area (Å²) >= 11 is 1.73. The summed E-state index contributed by atoms with van der Waals surface area (Å²) in [4.78, 5) is 10.0. The SMILES string of the molecule is c1n[nH]c(-c2nc3c(s2)CCC3)n1. The van der Waals surface area contributed by atoms with E-state index in [1.165, 1.54) is 29.7 Å².